The van der Waals surface area contributed by atoms with Crippen LogP contribution in [-0.2, 0) is 0 Å². The molecule has 0 aliphatic rings. The molecule has 0 bridgehead atoms. The van der Waals surface area contributed by atoms with Gasteiger partial charge in [-0.15, -0.1) is 11.8 Å². The molecule has 0 radical (unpaired) electrons. The molecule has 0 unspecified atom stereocenters. The highest BCUT2D eigenvalue weighted by atomic mass is 35.5. The number of carboxylic acids is 1. The molecule has 4 aromatic carbocycles. The van der Waals surface area contributed by atoms with Crippen LogP contribution in [0.4, 0.5) is 5.69 Å². The van der Waals surface area contributed by atoms with E-state index in [0.29, 0.717) is 11.3 Å². The van der Waals surface area contributed by atoms with Crippen molar-refractivity contribution in [3.05, 3.63) is 116 Å². The lowest BCUT2D eigenvalue weighted by molar-refractivity contribution is 0.0692. The third kappa shape index (κ3) is 6.17. The maximum atomic E-state index is 12.9. The number of amides is 1. The van der Waals surface area contributed by atoms with Crippen LogP contribution in [0.2, 0.25) is 20.1 Å². The maximum Gasteiger partial charge on any atom is 0.338 e. The number of hydrogen-bond acceptors (Lipinski definition) is 4. The fourth-order valence-corrected chi connectivity index (χ4v) is 5.40. The largest absolute Gasteiger partial charge is 0.478 e. The van der Waals surface area contributed by atoms with E-state index in [-0.39, 0.29) is 31.6 Å². The monoisotopic (exact) mass is 603 g/mol. The highest BCUT2D eigenvalue weighted by Crippen LogP contribution is 2.41. The van der Waals surface area contributed by atoms with Gasteiger partial charge in [-0.2, -0.15) is 0 Å². The second-order valence-corrected chi connectivity index (χ2v) is 10.5. The van der Waals surface area contributed by atoms with E-state index in [9.17, 15) is 19.5 Å². The van der Waals surface area contributed by atoms with Gasteiger partial charge < -0.3 is 10.4 Å². The van der Waals surface area contributed by atoms with Crippen LogP contribution in [-0.4, -0.2) is 28.5 Å². The average Bonchev–Trinajstić information content (AvgIpc) is 2.93. The third-order valence-corrected chi connectivity index (χ3v) is 8.32. The first-order valence-corrected chi connectivity index (χ1v) is 13.5. The Morgan fingerprint density at radius 3 is 1.82 bits per heavy atom. The number of thioether (sulfide) groups is 1. The second-order valence-electron chi connectivity index (χ2n) is 7.94. The van der Waals surface area contributed by atoms with E-state index < -0.39 is 23.0 Å². The van der Waals surface area contributed by atoms with Gasteiger partial charge in [0.1, 0.15) is 0 Å². The lowest BCUT2D eigenvalue weighted by Crippen LogP contribution is -2.18. The Labute approximate surface area is 242 Å². The van der Waals surface area contributed by atoms with E-state index in [4.69, 9.17) is 46.4 Å². The molecule has 10 heteroatoms. The van der Waals surface area contributed by atoms with Crippen LogP contribution in [0.1, 0.15) is 31.1 Å². The summed E-state index contributed by atoms with van der Waals surface area (Å²) >= 11 is 25.5. The lowest BCUT2D eigenvalue weighted by Gasteiger charge is -2.14. The van der Waals surface area contributed by atoms with Gasteiger partial charge in [0.2, 0.25) is 0 Å². The van der Waals surface area contributed by atoms with E-state index in [1.54, 1.807) is 24.3 Å². The molecule has 0 fully saturated rings. The molecule has 2 N–H and O–H groups in total. The van der Waals surface area contributed by atoms with Gasteiger partial charge in [-0.1, -0.05) is 101 Å². The summed E-state index contributed by atoms with van der Waals surface area (Å²) in [5, 5.41) is 10.9. The highest BCUT2D eigenvalue weighted by Gasteiger charge is 2.29. The number of benzene rings is 4. The Morgan fingerprint density at radius 2 is 1.24 bits per heavy atom. The van der Waals surface area contributed by atoms with E-state index in [0.717, 1.165) is 16.0 Å². The molecule has 0 saturated heterocycles. The van der Waals surface area contributed by atoms with Crippen LogP contribution in [0.3, 0.4) is 0 Å². The summed E-state index contributed by atoms with van der Waals surface area (Å²) in [6.07, 6.45) is 0. The fraction of sp³-hybridized carbons (Fsp3) is 0.0357. The molecule has 4 aromatic rings. The molecule has 0 heterocycles. The quantitative estimate of drug-likeness (QED) is 0.0908. The van der Waals surface area contributed by atoms with Crippen LogP contribution in [0.25, 0.3) is 11.1 Å². The number of halogens is 4. The predicted molar refractivity (Wildman–Crippen MR) is 155 cm³/mol. The molecule has 192 valence electrons. The van der Waals surface area contributed by atoms with Crippen molar-refractivity contribution in [2.24, 2.45) is 0 Å². The van der Waals surface area contributed by atoms with Gasteiger partial charge >= 0.3 is 5.97 Å². The molecular weight excluding hydrogens is 588 g/mol. The molecule has 0 atom stereocenters. The van der Waals surface area contributed by atoms with Crippen molar-refractivity contribution in [2.45, 2.75) is 4.90 Å². The molecular formula is C28H17Cl4NO4S. The van der Waals surface area contributed by atoms with Crippen molar-refractivity contribution < 1.29 is 19.5 Å². The third-order valence-electron chi connectivity index (χ3n) is 5.50. The Morgan fingerprint density at radius 1 is 0.684 bits per heavy atom. The number of rotatable bonds is 8. The number of Topliss-reactive ketones (excluding diaryl/α,β-unsaturated/α-hetero) is 1. The summed E-state index contributed by atoms with van der Waals surface area (Å²) in [6, 6.07) is 24.1. The van der Waals surface area contributed by atoms with Crippen LogP contribution in [0, 0.1) is 0 Å². The Hall–Kier alpha value is -3.00. The van der Waals surface area contributed by atoms with Gasteiger partial charge in [0.15, 0.2) is 5.78 Å². The number of ketones is 1. The van der Waals surface area contributed by atoms with Gasteiger partial charge in [0, 0.05) is 16.1 Å². The van der Waals surface area contributed by atoms with Gasteiger partial charge in [-0.25, -0.2) is 4.79 Å². The molecule has 1 amide bonds. The summed E-state index contributed by atoms with van der Waals surface area (Å²) in [4.78, 5) is 38.1. The van der Waals surface area contributed by atoms with Crippen molar-refractivity contribution in [1.82, 2.24) is 0 Å². The van der Waals surface area contributed by atoms with Crippen molar-refractivity contribution >= 4 is 81.5 Å². The highest BCUT2D eigenvalue weighted by molar-refractivity contribution is 8.00. The fourth-order valence-electron chi connectivity index (χ4n) is 3.59. The van der Waals surface area contributed by atoms with Gasteiger partial charge in [0.25, 0.3) is 5.91 Å². The summed E-state index contributed by atoms with van der Waals surface area (Å²) < 4.78 is 0. The Bertz CT molecular complexity index is 1530. The standard InChI is InChI=1S/C28H17Cl4NO4S/c29-23-21(22(28(36)37)24(30)26(32)25(23)31)27(35)33-18-10-12-19(13-11-18)38-14-20(34)17-8-6-16(7-9-17)15-4-2-1-3-5-15/h1-13H,14H2,(H,33,35)(H,36,37). The summed E-state index contributed by atoms with van der Waals surface area (Å²) in [7, 11) is 0. The molecule has 0 spiro atoms. The van der Waals surface area contributed by atoms with E-state index in [2.05, 4.69) is 5.32 Å². The maximum absolute atomic E-state index is 12.9. The summed E-state index contributed by atoms with van der Waals surface area (Å²) in [5.41, 5.74) is 2.15. The number of carbonyl (C=O) groups is 3. The molecule has 0 aromatic heterocycles. The van der Waals surface area contributed by atoms with Crippen LogP contribution < -0.4 is 5.32 Å². The van der Waals surface area contributed by atoms with E-state index >= 15 is 0 Å². The first kappa shape index (κ1) is 28.0. The molecule has 5 nitrogen and oxygen atoms in total. The van der Waals surface area contributed by atoms with Gasteiger partial charge in [-0.05, 0) is 35.4 Å². The molecule has 0 aliphatic carbocycles. The predicted octanol–water partition coefficient (Wildman–Crippen LogP) is 8.89. The Kier molecular flexibility index (Phi) is 9.03. The minimum Gasteiger partial charge on any atom is -0.478 e. The van der Waals surface area contributed by atoms with Crippen molar-refractivity contribution in [3.63, 3.8) is 0 Å². The van der Waals surface area contributed by atoms with E-state index in [1.165, 1.54) is 11.8 Å². The SMILES string of the molecule is O=C(CSc1ccc(NC(=O)c2c(Cl)c(Cl)c(Cl)c(Cl)c2C(=O)O)cc1)c1ccc(-c2ccccc2)cc1. The van der Waals surface area contributed by atoms with Crippen molar-refractivity contribution in [2.75, 3.05) is 11.1 Å². The zero-order chi connectivity index (χ0) is 27.4. The molecule has 4 rings (SSSR count). The number of carbonyl (C=O) groups excluding carboxylic acids is 2. The zero-order valence-corrected chi connectivity index (χ0v) is 23.1. The van der Waals surface area contributed by atoms with Crippen LogP contribution >= 0.6 is 58.2 Å². The lowest BCUT2D eigenvalue weighted by atomic mass is 10.0. The smallest absolute Gasteiger partial charge is 0.338 e. The number of aromatic carboxylic acids is 1. The first-order valence-electron chi connectivity index (χ1n) is 11.0. The topological polar surface area (TPSA) is 83.5 Å². The first-order chi connectivity index (χ1) is 18.2. The van der Waals surface area contributed by atoms with Gasteiger partial charge in [-0.3, -0.25) is 9.59 Å². The van der Waals surface area contributed by atoms with Crippen molar-refractivity contribution in [3.8, 4) is 11.1 Å². The average molecular weight is 605 g/mol. The van der Waals surface area contributed by atoms with Gasteiger partial charge in [0.05, 0.1) is 37.0 Å². The zero-order valence-electron chi connectivity index (χ0n) is 19.3. The molecule has 0 saturated carbocycles. The molecule has 0 aliphatic heterocycles. The Balaban J connectivity index is 1.41. The number of nitrogens with one attached hydrogen (secondary N) is 1. The number of hydrogen-bond donors (Lipinski definition) is 2. The second kappa shape index (κ2) is 12.2. The number of carboxylic acid groups (broad SMARTS) is 1. The minimum atomic E-state index is -1.48. The summed E-state index contributed by atoms with van der Waals surface area (Å²) in [5.74, 6) is -2.08. The van der Waals surface area contributed by atoms with Crippen molar-refractivity contribution in [1.29, 1.82) is 0 Å². The van der Waals surface area contributed by atoms with Crippen LogP contribution in [0.15, 0.2) is 83.8 Å². The molecule has 38 heavy (non-hydrogen) atoms. The van der Waals surface area contributed by atoms with Crippen LogP contribution in [0.5, 0.6) is 0 Å². The normalized spacial score (nSPS) is 10.7. The summed E-state index contributed by atoms with van der Waals surface area (Å²) in [6.45, 7) is 0. The van der Waals surface area contributed by atoms with E-state index in [1.807, 2.05) is 54.6 Å². The minimum absolute atomic E-state index is 0.0145. The number of anilines is 1.